The first-order chi connectivity index (χ1) is 5.97. The third kappa shape index (κ3) is 2.02. The molecule has 1 N–H and O–H groups in total. The number of nitrogens with zero attached hydrogens (tertiary/aromatic N) is 1. The van der Waals surface area contributed by atoms with Crippen LogP contribution < -0.4 is 0 Å². The quantitative estimate of drug-likeness (QED) is 0.723. The molecule has 13 heavy (non-hydrogen) atoms. The number of hydrogen-bond acceptors (Lipinski definition) is 2. The third-order valence-corrected chi connectivity index (χ3v) is 3.52. The molecule has 1 saturated carbocycles. The number of carboxylic acids is 1. The van der Waals surface area contributed by atoms with Gasteiger partial charge in [-0.3, -0.25) is 4.79 Å². The lowest BCUT2D eigenvalue weighted by Crippen LogP contribution is -2.51. The molecule has 76 valence electrons. The molecule has 1 fully saturated rings. The average molecular weight is 185 g/mol. The topological polar surface area (TPSA) is 40.5 Å². The Morgan fingerprint density at radius 1 is 1.54 bits per heavy atom. The van der Waals surface area contributed by atoms with E-state index in [-0.39, 0.29) is 12.0 Å². The van der Waals surface area contributed by atoms with Gasteiger partial charge in [0.1, 0.15) is 0 Å². The van der Waals surface area contributed by atoms with Gasteiger partial charge in [-0.1, -0.05) is 6.42 Å². The van der Waals surface area contributed by atoms with Gasteiger partial charge in [-0.25, -0.2) is 0 Å². The monoisotopic (exact) mass is 185 g/mol. The van der Waals surface area contributed by atoms with E-state index in [1.54, 1.807) is 0 Å². The van der Waals surface area contributed by atoms with Gasteiger partial charge < -0.3 is 10.0 Å². The van der Waals surface area contributed by atoms with E-state index < -0.39 is 5.97 Å². The van der Waals surface area contributed by atoms with Crippen LogP contribution in [0.15, 0.2) is 0 Å². The summed E-state index contributed by atoms with van der Waals surface area (Å²) in [7, 11) is 3.95. The second-order valence-corrected chi connectivity index (χ2v) is 4.45. The van der Waals surface area contributed by atoms with Crippen LogP contribution >= 0.6 is 0 Å². The Morgan fingerprint density at radius 2 is 2.08 bits per heavy atom. The predicted molar refractivity (Wildman–Crippen MR) is 51.7 cm³/mol. The SMILES string of the molecule is CN(C)C(C)(CC(=O)O)C1CCC1. The fourth-order valence-electron chi connectivity index (χ4n) is 2.00. The minimum absolute atomic E-state index is 0.149. The first-order valence-corrected chi connectivity index (χ1v) is 4.86. The van der Waals surface area contributed by atoms with Crippen molar-refractivity contribution < 1.29 is 9.90 Å². The molecule has 0 aliphatic heterocycles. The molecule has 0 spiro atoms. The molecule has 0 aromatic heterocycles. The van der Waals surface area contributed by atoms with Gasteiger partial charge in [-0.15, -0.1) is 0 Å². The molecule has 1 atom stereocenters. The van der Waals surface area contributed by atoms with Gasteiger partial charge in [-0.05, 0) is 39.8 Å². The van der Waals surface area contributed by atoms with E-state index in [9.17, 15) is 4.79 Å². The Morgan fingerprint density at radius 3 is 2.31 bits per heavy atom. The van der Waals surface area contributed by atoms with Gasteiger partial charge in [0.25, 0.3) is 0 Å². The highest BCUT2D eigenvalue weighted by atomic mass is 16.4. The molecule has 1 rings (SSSR count). The van der Waals surface area contributed by atoms with E-state index in [0.717, 1.165) is 0 Å². The van der Waals surface area contributed by atoms with E-state index in [2.05, 4.69) is 11.8 Å². The van der Waals surface area contributed by atoms with Crippen molar-refractivity contribution in [2.45, 2.75) is 38.1 Å². The smallest absolute Gasteiger partial charge is 0.305 e. The molecule has 1 aliphatic rings. The van der Waals surface area contributed by atoms with Crippen LogP contribution in [0.2, 0.25) is 0 Å². The zero-order chi connectivity index (χ0) is 10.1. The molecule has 0 heterocycles. The fraction of sp³-hybridized carbons (Fsp3) is 0.900. The lowest BCUT2D eigenvalue weighted by atomic mass is 9.69. The van der Waals surface area contributed by atoms with Crippen LogP contribution in [0, 0.1) is 5.92 Å². The summed E-state index contributed by atoms with van der Waals surface area (Å²) >= 11 is 0. The third-order valence-electron chi connectivity index (χ3n) is 3.52. The molecule has 0 bridgehead atoms. The number of rotatable bonds is 4. The van der Waals surface area contributed by atoms with Crippen LogP contribution in [-0.4, -0.2) is 35.6 Å². The van der Waals surface area contributed by atoms with Gasteiger partial charge in [0.05, 0.1) is 6.42 Å². The van der Waals surface area contributed by atoms with E-state index in [4.69, 9.17) is 5.11 Å². The predicted octanol–water partition coefficient (Wildman–Crippen LogP) is 1.58. The van der Waals surface area contributed by atoms with Crippen molar-refractivity contribution in [3.63, 3.8) is 0 Å². The Bertz CT molecular complexity index is 199. The molecule has 1 unspecified atom stereocenters. The summed E-state index contributed by atoms with van der Waals surface area (Å²) in [5, 5.41) is 8.84. The molecular formula is C10H19NO2. The van der Waals surface area contributed by atoms with Crippen LogP contribution in [0.4, 0.5) is 0 Å². The van der Waals surface area contributed by atoms with Crippen molar-refractivity contribution in [3.05, 3.63) is 0 Å². The summed E-state index contributed by atoms with van der Waals surface area (Å²) in [6, 6.07) is 0. The average Bonchev–Trinajstić information content (AvgIpc) is 1.79. The highest BCUT2D eigenvalue weighted by Crippen LogP contribution is 2.40. The zero-order valence-corrected chi connectivity index (χ0v) is 8.71. The van der Waals surface area contributed by atoms with E-state index >= 15 is 0 Å². The molecule has 0 amide bonds. The van der Waals surface area contributed by atoms with Crippen LogP contribution in [0.5, 0.6) is 0 Å². The summed E-state index contributed by atoms with van der Waals surface area (Å²) in [5.41, 5.74) is -0.149. The molecule has 0 radical (unpaired) electrons. The second kappa shape index (κ2) is 3.66. The lowest BCUT2D eigenvalue weighted by Gasteiger charge is -2.46. The van der Waals surface area contributed by atoms with Crippen LogP contribution in [0.3, 0.4) is 0 Å². The molecule has 0 aromatic carbocycles. The Kier molecular flexibility index (Phi) is 2.96. The zero-order valence-electron chi connectivity index (χ0n) is 8.71. The Hall–Kier alpha value is -0.570. The van der Waals surface area contributed by atoms with Crippen molar-refractivity contribution in [2.75, 3.05) is 14.1 Å². The lowest BCUT2D eigenvalue weighted by molar-refractivity contribution is -0.141. The normalized spacial score (nSPS) is 22.5. The summed E-state index contributed by atoms with van der Waals surface area (Å²) in [6.07, 6.45) is 3.88. The van der Waals surface area contributed by atoms with Crippen molar-refractivity contribution >= 4 is 5.97 Å². The Balaban J connectivity index is 2.67. The summed E-state index contributed by atoms with van der Waals surface area (Å²) < 4.78 is 0. The minimum atomic E-state index is -0.692. The van der Waals surface area contributed by atoms with Gasteiger partial charge in [0, 0.05) is 5.54 Å². The highest BCUT2D eigenvalue weighted by molar-refractivity contribution is 5.68. The van der Waals surface area contributed by atoms with Gasteiger partial charge >= 0.3 is 5.97 Å². The van der Waals surface area contributed by atoms with Crippen LogP contribution in [0.25, 0.3) is 0 Å². The second-order valence-electron chi connectivity index (χ2n) is 4.45. The number of hydrogen-bond donors (Lipinski definition) is 1. The fourth-order valence-corrected chi connectivity index (χ4v) is 2.00. The number of carbonyl (C=O) groups is 1. The Labute approximate surface area is 79.7 Å². The molecule has 3 nitrogen and oxygen atoms in total. The van der Waals surface area contributed by atoms with Crippen LogP contribution in [0.1, 0.15) is 32.6 Å². The molecule has 1 aliphatic carbocycles. The largest absolute Gasteiger partial charge is 0.481 e. The maximum Gasteiger partial charge on any atom is 0.305 e. The van der Waals surface area contributed by atoms with Crippen molar-refractivity contribution in [1.82, 2.24) is 4.90 Å². The van der Waals surface area contributed by atoms with E-state index in [1.165, 1.54) is 19.3 Å². The van der Waals surface area contributed by atoms with Gasteiger partial charge in [-0.2, -0.15) is 0 Å². The summed E-state index contributed by atoms with van der Waals surface area (Å²) in [6.45, 7) is 2.06. The van der Waals surface area contributed by atoms with E-state index in [0.29, 0.717) is 5.92 Å². The standard InChI is InChI=1S/C10H19NO2/c1-10(11(2)3,7-9(12)13)8-5-4-6-8/h8H,4-7H2,1-3H3,(H,12,13). The van der Waals surface area contributed by atoms with E-state index in [1.807, 2.05) is 14.1 Å². The van der Waals surface area contributed by atoms with Crippen LogP contribution in [-0.2, 0) is 4.79 Å². The molecule has 0 saturated heterocycles. The first kappa shape index (κ1) is 10.5. The van der Waals surface area contributed by atoms with Gasteiger partial charge in [0.2, 0.25) is 0 Å². The molecule has 3 heteroatoms. The summed E-state index contributed by atoms with van der Waals surface area (Å²) in [5.74, 6) is -0.123. The number of aliphatic carboxylic acids is 1. The van der Waals surface area contributed by atoms with Crippen molar-refractivity contribution in [2.24, 2.45) is 5.92 Å². The highest BCUT2D eigenvalue weighted by Gasteiger charge is 2.41. The maximum absolute atomic E-state index is 10.7. The van der Waals surface area contributed by atoms with Crippen molar-refractivity contribution in [3.8, 4) is 0 Å². The van der Waals surface area contributed by atoms with Gasteiger partial charge in [0.15, 0.2) is 0 Å². The van der Waals surface area contributed by atoms with Crippen molar-refractivity contribution in [1.29, 1.82) is 0 Å². The minimum Gasteiger partial charge on any atom is -0.481 e. The maximum atomic E-state index is 10.7. The number of carboxylic acid groups (broad SMARTS) is 1. The molecule has 0 aromatic rings. The first-order valence-electron chi connectivity index (χ1n) is 4.86. The summed E-state index contributed by atoms with van der Waals surface area (Å²) in [4.78, 5) is 12.8. The molecular weight excluding hydrogens is 166 g/mol.